The number of hydrogen-bond acceptors (Lipinski definition) is 2. The Bertz CT molecular complexity index is 562. The van der Waals surface area contributed by atoms with Gasteiger partial charge in [0.1, 0.15) is 5.82 Å². The summed E-state index contributed by atoms with van der Waals surface area (Å²) in [5.41, 5.74) is -0.00106. The molecule has 0 aromatic rings. The lowest BCUT2D eigenvalue weighted by Gasteiger charge is -2.28. The lowest BCUT2D eigenvalue weighted by molar-refractivity contribution is -0.0857. The number of alkyl halides is 5. The maximum absolute atomic E-state index is 13.9. The Balaban J connectivity index is 5.40. The molecule has 0 spiro atoms. The Hall–Kier alpha value is -1.40. The number of nitrogens with one attached hydrogen (secondary N) is 1. The minimum atomic E-state index is -4.46. The monoisotopic (exact) mass is 424 g/mol. The molecule has 0 aliphatic heterocycles. The van der Waals surface area contributed by atoms with Crippen molar-refractivity contribution in [1.82, 2.24) is 5.32 Å². The Morgan fingerprint density at radius 1 is 1.10 bits per heavy atom. The van der Waals surface area contributed by atoms with Crippen LogP contribution in [-0.4, -0.2) is 24.9 Å². The molecule has 2 nitrogen and oxygen atoms in total. The lowest BCUT2D eigenvalue weighted by atomic mass is 9.84. The van der Waals surface area contributed by atoms with Gasteiger partial charge >= 0.3 is 6.18 Å². The molecule has 0 heterocycles. The van der Waals surface area contributed by atoms with Gasteiger partial charge in [-0.3, -0.25) is 0 Å². The van der Waals surface area contributed by atoms with E-state index < -0.39 is 17.7 Å². The molecule has 0 aromatic carbocycles. The van der Waals surface area contributed by atoms with Crippen molar-refractivity contribution in [2.24, 2.45) is 16.8 Å². The Kier molecular flexibility index (Phi) is 12.4. The summed E-state index contributed by atoms with van der Waals surface area (Å²) < 4.78 is 66.5. The molecule has 0 radical (unpaired) electrons. The van der Waals surface area contributed by atoms with Crippen LogP contribution in [0.15, 0.2) is 28.0 Å². The average Bonchev–Trinajstić information content (AvgIpc) is 2.64. The Labute approximate surface area is 172 Å². The second-order valence-corrected chi connectivity index (χ2v) is 7.66. The van der Waals surface area contributed by atoms with Gasteiger partial charge in [-0.05, 0) is 44.1 Å². The van der Waals surface area contributed by atoms with E-state index in [-0.39, 0.29) is 24.7 Å². The van der Waals surface area contributed by atoms with Crippen LogP contribution in [-0.2, 0) is 0 Å². The molecule has 0 saturated carbocycles. The highest BCUT2D eigenvalue weighted by molar-refractivity contribution is 5.80. The van der Waals surface area contributed by atoms with Crippen LogP contribution in [0, 0.1) is 11.8 Å². The molecule has 7 heteroatoms. The summed E-state index contributed by atoms with van der Waals surface area (Å²) in [6.07, 6.45) is 0.227. The average molecular weight is 425 g/mol. The van der Waals surface area contributed by atoms with Gasteiger partial charge in [0.15, 0.2) is 0 Å². The molecule has 0 aromatic heterocycles. The number of halogens is 5. The first-order valence-corrected chi connectivity index (χ1v) is 10.5. The van der Waals surface area contributed by atoms with Crippen molar-refractivity contribution in [3.8, 4) is 0 Å². The molecule has 0 amide bonds. The maximum atomic E-state index is 13.9. The largest absolute Gasteiger partial charge is 0.417 e. The first kappa shape index (κ1) is 27.6. The summed E-state index contributed by atoms with van der Waals surface area (Å²) >= 11 is 0. The minimum absolute atomic E-state index is 0.00830. The third-order valence-electron chi connectivity index (χ3n) is 5.31. The van der Waals surface area contributed by atoms with E-state index in [2.05, 4.69) is 10.3 Å². The number of nitrogens with zero attached hydrogens (tertiary/aromatic N) is 1. The number of allylic oxidation sites excluding steroid dienone is 3. The van der Waals surface area contributed by atoms with E-state index in [0.29, 0.717) is 18.8 Å². The van der Waals surface area contributed by atoms with Crippen LogP contribution < -0.4 is 5.32 Å². The van der Waals surface area contributed by atoms with Gasteiger partial charge < -0.3 is 5.32 Å². The van der Waals surface area contributed by atoms with Crippen LogP contribution in [0.2, 0.25) is 0 Å². The molecule has 1 N–H and O–H groups in total. The van der Waals surface area contributed by atoms with E-state index >= 15 is 0 Å². The predicted molar refractivity (Wildman–Crippen MR) is 111 cm³/mol. The zero-order valence-electron chi connectivity index (χ0n) is 18.6. The normalized spacial score (nSPS) is 16.7. The summed E-state index contributed by atoms with van der Waals surface area (Å²) in [5, 5.41) is 3.14. The smallest absolute Gasteiger partial charge is 0.370 e. The van der Waals surface area contributed by atoms with Gasteiger partial charge in [0.05, 0.1) is 5.57 Å². The van der Waals surface area contributed by atoms with Gasteiger partial charge in [-0.2, -0.15) is 13.2 Å². The molecular weight excluding hydrogens is 387 g/mol. The van der Waals surface area contributed by atoms with Crippen LogP contribution in [0.3, 0.4) is 0 Å². The van der Waals surface area contributed by atoms with Gasteiger partial charge in [0, 0.05) is 25.6 Å². The van der Waals surface area contributed by atoms with Crippen molar-refractivity contribution in [3.63, 3.8) is 0 Å². The molecule has 0 aliphatic carbocycles. The molecule has 0 bridgehead atoms. The van der Waals surface area contributed by atoms with Crippen LogP contribution in [0.25, 0.3) is 0 Å². The number of rotatable bonds is 13. The van der Waals surface area contributed by atoms with Crippen LogP contribution in [0.1, 0.15) is 80.1 Å². The first-order valence-electron chi connectivity index (χ1n) is 10.5. The van der Waals surface area contributed by atoms with Gasteiger partial charge in [0.25, 0.3) is 0 Å². The standard InChI is InChI=1S/C22H37F5N2/c1-7-11-12-18(17(6)13-21(23,24)10-4)14-28-20(16(5)8-2)29-15-19(9-3)22(25,26)27/h9,15,17-18,28H,7-8,10-14H2,1-6H3/b19-9+,20-16-,29-15-/t17-,18?/m1/s1. The van der Waals surface area contributed by atoms with Crippen molar-refractivity contribution in [1.29, 1.82) is 0 Å². The first-order chi connectivity index (χ1) is 13.4. The van der Waals surface area contributed by atoms with Crippen molar-refractivity contribution >= 4 is 6.21 Å². The van der Waals surface area contributed by atoms with Crippen molar-refractivity contribution in [2.75, 3.05) is 6.54 Å². The summed E-state index contributed by atoms with van der Waals surface area (Å²) in [4.78, 5) is 4.04. The molecule has 1 unspecified atom stereocenters. The van der Waals surface area contributed by atoms with E-state index in [4.69, 9.17) is 0 Å². The topological polar surface area (TPSA) is 24.4 Å². The van der Waals surface area contributed by atoms with Gasteiger partial charge in [-0.1, -0.05) is 46.6 Å². The molecule has 0 fully saturated rings. The minimum Gasteiger partial charge on any atom is -0.370 e. The summed E-state index contributed by atoms with van der Waals surface area (Å²) in [5.74, 6) is -2.54. The summed E-state index contributed by atoms with van der Waals surface area (Å²) in [6.45, 7) is 10.8. The molecule has 29 heavy (non-hydrogen) atoms. The highest BCUT2D eigenvalue weighted by atomic mass is 19.4. The molecule has 0 saturated heterocycles. The quantitative estimate of drug-likeness (QED) is 0.238. The van der Waals surface area contributed by atoms with Crippen molar-refractivity contribution in [2.45, 2.75) is 92.2 Å². The summed E-state index contributed by atoms with van der Waals surface area (Å²) in [6, 6.07) is 0. The zero-order chi connectivity index (χ0) is 22.7. The molecule has 0 rings (SSSR count). The van der Waals surface area contributed by atoms with Crippen molar-refractivity contribution < 1.29 is 22.0 Å². The maximum Gasteiger partial charge on any atom is 0.417 e. The molecule has 170 valence electrons. The third kappa shape index (κ3) is 10.8. The fourth-order valence-electron chi connectivity index (χ4n) is 2.98. The van der Waals surface area contributed by atoms with Crippen molar-refractivity contribution in [3.05, 3.63) is 23.0 Å². The van der Waals surface area contributed by atoms with Crippen LogP contribution >= 0.6 is 0 Å². The zero-order valence-corrected chi connectivity index (χ0v) is 18.6. The van der Waals surface area contributed by atoms with E-state index in [0.717, 1.165) is 37.1 Å². The SMILES string of the molecule is C\C=C(/C=N\C(NCC(CCCC)[C@H](C)CC(F)(F)CC)=C(\C)CC)C(F)(F)F. The lowest BCUT2D eigenvalue weighted by Crippen LogP contribution is -2.31. The van der Waals surface area contributed by atoms with E-state index in [1.54, 1.807) is 6.92 Å². The third-order valence-corrected chi connectivity index (χ3v) is 5.31. The fraction of sp³-hybridized carbons (Fsp3) is 0.773. The Morgan fingerprint density at radius 2 is 1.72 bits per heavy atom. The fourth-order valence-corrected chi connectivity index (χ4v) is 2.98. The summed E-state index contributed by atoms with van der Waals surface area (Å²) in [7, 11) is 0. The molecular formula is C22H37F5N2. The second kappa shape index (κ2) is 13.0. The molecule has 0 aliphatic rings. The van der Waals surface area contributed by atoms with Crippen LogP contribution in [0.5, 0.6) is 0 Å². The van der Waals surface area contributed by atoms with Gasteiger partial charge in [-0.15, -0.1) is 0 Å². The number of hydrogen-bond donors (Lipinski definition) is 1. The predicted octanol–water partition coefficient (Wildman–Crippen LogP) is 7.67. The van der Waals surface area contributed by atoms with Gasteiger partial charge in [0.2, 0.25) is 5.92 Å². The van der Waals surface area contributed by atoms with E-state index in [1.165, 1.54) is 13.8 Å². The highest BCUT2D eigenvalue weighted by Gasteiger charge is 2.33. The van der Waals surface area contributed by atoms with E-state index in [1.807, 2.05) is 20.8 Å². The second-order valence-electron chi connectivity index (χ2n) is 7.66. The number of unbranched alkanes of at least 4 members (excludes halogenated alkanes) is 1. The molecule has 2 atom stereocenters. The van der Waals surface area contributed by atoms with E-state index in [9.17, 15) is 22.0 Å². The highest BCUT2D eigenvalue weighted by Crippen LogP contribution is 2.32. The number of aliphatic imine (C=N–C) groups is 1. The van der Waals surface area contributed by atoms with Gasteiger partial charge in [-0.25, -0.2) is 13.8 Å². The van der Waals surface area contributed by atoms with Crippen LogP contribution in [0.4, 0.5) is 22.0 Å². The Morgan fingerprint density at radius 3 is 2.17 bits per heavy atom.